The molecule has 3 rings (SSSR count). The zero-order valence-corrected chi connectivity index (χ0v) is 18.0. The second-order valence-electron chi connectivity index (χ2n) is 8.55. The molecule has 1 saturated carbocycles. The summed E-state index contributed by atoms with van der Waals surface area (Å²) in [4.78, 5) is 30.4. The monoisotopic (exact) mass is 413 g/mol. The lowest BCUT2D eigenvalue weighted by Gasteiger charge is -2.34. The number of primary amides is 1. The maximum atomic E-state index is 12.5. The van der Waals surface area contributed by atoms with E-state index >= 15 is 0 Å². The van der Waals surface area contributed by atoms with Gasteiger partial charge in [-0.3, -0.25) is 14.6 Å². The number of amides is 2. The van der Waals surface area contributed by atoms with Crippen LogP contribution in [-0.2, 0) is 16.1 Å². The van der Waals surface area contributed by atoms with Crippen LogP contribution in [0.2, 0.25) is 0 Å². The molecule has 0 aromatic heterocycles. The molecule has 1 aliphatic carbocycles. The third-order valence-corrected chi connectivity index (χ3v) is 6.14. The van der Waals surface area contributed by atoms with Gasteiger partial charge in [0, 0.05) is 44.7 Å². The Hall–Kier alpha value is -2.57. The first kappa shape index (κ1) is 22.1. The Morgan fingerprint density at radius 3 is 2.70 bits per heavy atom. The molecule has 7 heteroatoms. The van der Waals surface area contributed by atoms with E-state index in [2.05, 4.69) is 20.5 Å². The van der Waals surface area contributed by atoms with E-state index in [9.17, 15) is 9.59 Å². The Morgan fingerprint density at radius 1 is 1.17 bits per heavy atom. The zero-order chi connectivity index (χ0) is 21.3. The fourth-order valence-corrected chi connectivity index (χ4v) is 4.59. The molecular formula is C23H35N5O2. The minimum atomic E-state index is -0.239. The first-order chi connectivity index (χ1) is 14.5. The number of piperidine rings is 1. The van der Waals surface area contributed by atoms with Crippen LogP contribution in [0.3, 0.4) is 0 Å². The number of nitrogens with zero attached hydrogens (tertiary/aromatic N) is 2. The van der Waals surface area contributed by atoms with Gasteiger partial charge in [-0.25, -0.2) is 0 Å². The lowest BCUT2D eigenvalue weighted by molar-refractivity contribution is -0.121. The quantitative estimate of drug-likeness (QED) is 0.493. The minimum absolute atomic E-state index is 0.143. The highest BCUT2D eigenvalue weighted by Gasteiger charge is 2.24. The predicted molar refractivity (Wildman–Crippen MR) is 120 cm³/mol. The molecule has 2 fully saturated rings. The van der Waals surface area contributed by atoms with Crippen molar-refractivity contribution in [1.29, 1.82) is 0 Å². The zero-order valence-electron chi connectivity index (χ0n) is 18.0. The summed E-state index contributed by atoms with van der Waals surface area (Å²) in [6.07, 6.45) is 8.02. The molecule has 4 N–H and O–H groups in total. The number of aliphatic imine (C=N–C) groups is 1. The van der Waals surface area contributed by atoms with Crippen LogP contribution in [0.4, 0.5) is 5.69 Å². The molecule has 2 aliphatic rings. The molecule has 1 aromatic rings. The van der Waals surface area contributed by atoms with Crippen molar-refractivity contribution in [3.05, 3.63) is 29.8 Å². The van der Waals surface area contributed by atoms with Crippen LogP contribution in [0.15, 0.2) is 29.3 Å². The highest BCUT2D eigenvalue weighted by molar-refractivity contribution is 5.92. The average Bonchev–Trinajstić information content (AvgIpc) is 2.75. The van der Waals surface area contributed by atoms with Gasteiger partial charge in [0.2, 0.25) is 11.8 Å². The number of nitrogens with two attached hydrogens (primary N) is 1. The fourth-order valence-electron chi connectivity index (χ4n) is 4.59. The van der Waals surface area contributed by atoms with Crippen molar-refractivity contribution < 1.29 is 9.59 Å². The number of anilines is 1. The predicted octanol–water partition coefficient (Wildman–Crippen LogP) is 2.87. The van der Waals surface area contributed by atoms with Gasteiger partial charge in [0.25, 0.3) is 0 Å². The SMILES string of the molecule is CN=C(NCc1cccc(NC(=O)C2CCCCC2)c1)N1CCCC(CC(N)=O)C1. The van der Waals surface area contributed by atoms with Crippen molar-refractivity contribution in [2.45, 2.75) is 57.9 Å². The topological polar surface area (TPSA) is 99.8 Å². The van der Waals surface area contributed by atoms with Gasteiger partial charge in [0.1, 0.15) is 0 Å². The largest absolute Gasteiger partial charge is 0.370 e. The third kappa shape index (κ3) is 6.47. The second kappa shape index (κ2) is 11.0. The summed E-state index contributed by atoms with van der Waals surface area (Å²) in [5.41, 5.74) is 7.31. The summed E-state index contributed by atoms with van der Waals surface area (Å²) in [5.74, 6) is 1.17. The summed E-state index contributed by atoms with van der Waals surface area (Å²) in [6, 6.07) is 7.98. The van der Waals surface area contributed by atoms with Crippen molar-refractivity contribution in [2.24, 2.45) is 22.6 Å². The van der Waals surface area contributed by atoms with Crippen molar-refractivity contribution in [1.82, 2.24) is 10.2 Å². The molecule has 1 aromatic carbocycles. The van der Waals surface area contributed by atoms with Crippen LogP contribution in [0, 0.1) is 11.8 Å². The number of carbonyl (C=O) groups excluding carboxylic acids is 2. The highest BCUT2D eigenvalue weighted by atomic mass is 16.2. The molecule has 2 amide bonds. The van der Waals surface area contributed by atoms with Crippen LogP contribution >= 0.6 is 0 Å². The van der Waals surface area contributed by atoms with Crippen LogP contribution in [-0.4, -0.2) is 42.8 Å². The van der Waals surface area contributed by atoms with Gasteiger partial charge in [-0.2, -0.15) is 0 Å². The number of likely N-dealkylation sites (tertiary alicyclic amines) is 1. The van der Waals surface area contributed by atoms with E-state index in [0.29, 0.717) is 13.0 Å². The Bertz CT molecular complexity index is 758. The molecule has 1 aliphatic heterocycles. The molecule has 1 heterocycles. The minimum Gasteiger partial charge on any atom is -0.370 e. The Balaban J connectivity index is 1.53. The molecule has 0 radical (unpaired) electrons. The summed E-state index contributed by atoms with van der Waals surface area (Å²) in [5, 5.41) is 6.51. The molecule has 1 saturated heterocycles. The van der Waals surface area contributed by atoms with Gasteiger partial charge < -0.3 is 21.3 Å². The lowest BCUT2D eigenvalue weighted by atomic mass is 9.88. The molecule has 1 atom stereocenters. The van der Waals surface area contributed by atoms with Crippen LogP contribution in [0.5, 0.6) is 0 Å². The summed E-state index contributed by atoms with van der Waals surface area (Å²) < 4.78 is 0. The van der Waals surface area contributed by atoms with Crippen molar-refractivity contribution >= 4 is 23.5 Å². The van der Waals surface area contributed by atoms with E-state index in [1.54, 1.807) is 7.05 Å². The molecular weight excluding hydrogens is 378 g/mol. The fraction of sp³-hybridized carbons (Fsp3) is 0.609. The first-order valence-corrected chi connectivity index (χ1v) is 11.2. The molecule has 30 heavy (non-hydrogen) atoms. The highest BCUT2D eigenvalue weighted by Crippen LogP contribution is 2.25. The number of hydrogen-bond donors (Lipinski definition) is 3. The van der Waals surface area contributed by atoms with Gasteiger partial charge in [0.05, 0.1) is 0 Å². The smallest absolute Gasteiger partial charge is 0.227 e. The number of rotatable bonds is 6. The standard InChI is InChI=1S/C23H35N5O2/c1-25-23(28-12-6-8-18(16-28)14-21(24)29)26-15-17-7-5-11-20(13-17)27-22(30)19-9-3-2-4-10-19/h5,7,11,13,18-19H,2-4,6,8-10,12,14-16H2,1H3,(H2,24,29)(H,25,26)(H,27,30). The number of carbonyl (C=O) groups is 2. The first-order valence-electron chi connectivity index (χ1n) is 11.2. The summed E-state index contributed by atoms with van der Waals surface area (Å²) >= 11 is 0. The third-order valence-electron chi connectivity index (χ3n) is 6.14. The number of benzene rings is 1. The van der Waals surface area contributed by atoms with Gasteiger partial charge >= 0.3 is 0 Å². The van der Waals surface area contributed by atoms with Crippen LogP contribution in [0.25, 0.3) is 0 Å². The van der Waals surface area contributed by atoms with Crippen LogP contribution in [0.1, 0.15) is 56.9 Å². The summed E-state index contributed by atoms with van der Waals surface area (Å²) in [7, 11) is 1.78. The molecule has 0 spiro atoms. The lowest BCUT2D eigenvalue weighted by Crippen LogP contribution is -2.46. The molecule has 7 nitrogen and oxygen atoms in total. The molecule has 1 unspecified atom stereocenters. The van der Waals surface area contributed by atoms with Crippen molar-refractivity contribution in [3.8, 4) is 0 Å². The Labute approximate surface area is 179 Å². The van der Waals surface area contributed by atoms with E-state index in [0.717, 1.165) is 68.8 Å². The number of guanidine groups is 1. The second-order valence-corrected chi connectivity index (χ2v) is 8.55. The Kier molecular flexibility index (Phi) is 8.11. The van der Waals surface area contributed by atoms with E-state index < -0.39 is 0 Å². The number of hydrogen-bond acceptors (Lipinski definition) is 3. The van der Waals surface area contributed by atoms with Gasteiger partial charge in [-0.05, 0) is 49.3 Å². The van der Waals surface area contributed by atoms with E-state index in [1.165, 1.54) is 6.42 Å². The molecule has 0 bridgehead atoms. The Morgan fingerprint density at radius 2 is 1.97 bits per heavy atom. The number of nitrogens with one attached hydrogen (secondary N) is 2. The van der Waals surface area contributed by atoms with E-state index in [-0.39, 0.29) is 23.7 Å². The van der Waals surface area contributed by atoms with Crippen molar-refractivity contribution in [2.75, 3.05) is 25.5 Å². The summed E-state index contributed by atoms with van der Waals surface area (Å²) in [6.45, 7) is 2.34. The maximum Gasteiger partial charge on any atom is 0.227 e. The van der Waals surface area contributed by atoms with Crippen LogP contribution < -0.4 is 16.4 Å². The average molecular weight is 414 g/mol. The molecule has 164 valence electrons. The van der Waals surface area contributed by atoms with E-state index in [4.69, 9.17) is 5.73 Å². The van der Waals surface area contributed by atoms with Gasteiger partial charge in [-0.1, -0.05) is 31.4 Å². The maximum absolute atomic E-state index is 12.5. The van der Waals surface area contributed by atoms with E-state index in [1.807, 2.05) is 24.3 Å². The normalized spacial score (nSPS) is 20.6. The van der Waals surface area contributed by atoms with Crippen molar-refractivity contribution in [3.63, 3.8) is 0 Å². The van der Waals surface area contributed by atoms with Gasteiger partial charge in [-0.15, -0.1) is 0 Å². The van der Waals surface area contributed by atoms with Gasteiger partial charge in [0.15, 0.2) is 5.96 Å².